The number of anilines is 1. The molecule has 4 heteroatoms. The number of amides is 1. The first-order valence-electron chi connectivity index (χ1n) is 6.64. The van der Waals surface area contributed by atoms with Crippen LogP contribution in [0.1, 0.15) is 37.6 Å². The Hall–Kier alpha value is -1.22. The van der Waals surface area contributed by atoms with Crippen molar-refractivity contribution in [2.75, 3.05) is 18.8 Å². The second-order valence-electron chi connectivity index (χ2n) is 6.31. The summed E-state index contributed by atoms with van der Waals surface area (Å²) in [6.45, 7) is 8.26. The topological polar surface area (TPSA) is 46.3 Å². The van der Waals surface area contributed by atoms with E-state index in [0.717, 1.165) is 19.5 Å². The Kier molecular flexibility index (Phi) is 3.77. The van der Waals surface area contributed by atoms with E-state index in [1.54, 1.807) is 18.2 Å². The third kappa shape index (κ3) is 2.86. The lowest BCUT2D eigenvalue weighted by molar-refractivity contribution is 0.0777. The van der Waals surface area contributed by atoms with Crippen molar-refractivity contribution in [3.63, 3.8) is 0 Å². The Labute approximate surface area is 119 Å². The van der Waals surface area contributed by atoms with Crippen LogP contribution in [0.2, 0.25) is 5.02 Å². The van der Waals surface area contributed by atoms with Gasteiger partial charge in [-0.1, -0.05) is 38.4 Å². The second kappa shape index (κ2) is 5.04. The summed E-state index contributed by atoms with van der Waals surface area (Å²) in [5, 5.41) is 0.367. The van der Waals surface area contributed by atoms with Gasteiger partial charge in [0.1, 0.15) is 0 Å². The van der Waals surface area contributed by atoms with Crippen molar-refractivity contribution >= 4 is 23.2 Å². The Bertz CT molecular complexity index is 493. The molecule has 1 fully saturated rings. The van der Waals surface area contributed by atoms with E-state index >= 15 is 0 Å². The maximum Gasteiger partial charge on any atom is 0.255 e. The van der Waals surface area contributed by atoms with Gasteiger partial charge in [0.2, 0.25) is 0 Å². The Morgan fingerprint density at radius 3 is 2.68 bits per heavy atom. The number of hydrogen-bond donors (Lipinski definition) is 1. The number of benzene rings is 1. The summed E-state index contributed by atoms with van der Waals surface area (Å²) in [7, 11) is 0. The van der Waals surface area contributed by atoms with Crippen molar-refractivity contribution in [3.8, 4) is 0 Å². The van der Waals surface area contributed by atoms with Gasteiger partial charge in [-0.25, -0.2) is 0 Å². The zero-order valence-electron chi connectivity index (χ0n) is 11.7. The number of nitrogens with zero attached hydrogens (tertiary/aromatic N) is 1. The minimum atomic E-state index is -0.0101. The average molecular weight is 281 g/mol. The zero-order chi connectivity index (χ0) is 14.2. The molecule has 1 aromatic carbocycles. The summed E-state index contributed by atoms with van der Waals surface area (Å²) < 4.78 is 0. The molecule has 0 saturated carbocycles. The lowest BCUT2D eigenvalue weighted by atomic mass is 9.80. The van der Waals surface area contributed by atoms with Crippen LogP contribution in [0.25, 0.3) is 0 Å². The van der Waals surface area contributed by atoms with E-state index < -0.39 is 0 Å². The number of rotatable bonds is 1. The van der Waals surface area contributed by atoms with E-state index in [-0.39, 0.29) is 11.3 Å². The van der Waals surface area contributed by atoms with Gasteiger partial charge in [0.25, 0.3) is 5.91 Å². The van der Waals surface area contributed by atoms with E-state index in [1.165, 1.54) is 0 Å². The van der Waals surface area contributed by atoms with Crippen LogP contribution in [-0.4, -0.2) is 23.9 Å². The van der Waals surface area contributed by atoms with Crippen molar-refractivity contribution < 1.29 is 4.79 Å². The van der Waals surface area contributed by atoms with Gasteiger partial charge in [0, 0.05) is 13.1 Å². The fourth-order valence-corrected chi connectivity index (χ4v) is 2.74. The standard InChI is InChI=1S/C15H21ClN2O/c1-15(2,3)10-7-8-18(9-10)14(19)11-5-4-6-12(17)13(11)16/h4-6,10H,7-9,17H2,1-3H3. The maximum absolute atomic E-state index is 12.5. The van der Waals surface area contributed by atoms with Crippen LogP contribution in [0.3, 0.4) is 0 Å². The molecule has 3 nitrogen and oxygen atoms in total. The summed E-state index contributed by atoms with van der Waals surface area (Å²) in [6, 6.07) is 5.22. The highest BCUT2D eigenvalue weighted by atomic mass is 35.5. The Balaban J connectivity index is 2.16. The highest BCUT2D eigenvalue weighted by molar-refractivity contribution is 6.36. The number of hydrogen-bond acceptors (Lipinski definition) is 2. The SMILES string of the molecule is CC(C)(C)C1CCN(C(=O)c2cccc(N)c2Cl)C1. The molecule has 0 radical (unpaired) electrons. The third-order valence-electron chi connectivity index (χ3n) is 3.96. The maximum atomic E-state index is 12.5. The smallest absolute Gasteiger partial charge is 0.255 e. The van der Waals surface area contributed by atoms with Crippen LogP contribution < -0.4 is 5.73 Å². The number of nitrogens with two attached hydrogens (primary N) is 1. The summed E-state index contributed by atoms with van der Waals surface area (Å²) in [5.41, 5.74) is 6.95. The minimum Gasteiger partial charge on any atom is -0.398 e. The van der Waals surface area contributed by atoms with Crippen molar-refractivity contribution in [1.82, 2.24) is 4.90 Å². The molecule has 1 saturated heterocycles. The van der Waals surface area contributed by atoms with Gasteiger partial charge in [-0.15, -0.1) is 0 Å². The summed E-state index contributed by atoms with van der Waals surface area (Å²) in [4.78, 5) is 14.4. The Morgan fingerprint density at radius 2 is 2.11 bits per heavy atom. The van der Waals surface area contributed by atoms with Gasteiger partial charge >= 0.3 is 0 Å². The first kappa shape index (κ1) is 14.2. The monoisotopic (exact) mass is 280 g/mol. The molecule has 1 heterocycles. The molecular weight excluding hydrogens is 260 g/mol. The first-order valence-corrected chi connectivity index (χ1v) is 7.01. The number of likely N-dealkylation sites (tertiary alicyclic amines) is 1. The molecule has 1 aromatic rings. The molecule has 0 aromatic heterocycles. The zero-order valence-corrected chi connectivity index (χ0v) is 12.5. The van der Waals surface area contributed by atoms with Crippen molar-refractivity contribution in [1.29, 1.82) is 0 Å². The van der Waals surface area contributed by atoms with E-state index in [2.05, 4.69) is 20.8 Å². The molecule has 1 aliphatic heterocycles. The van der Waals surface area contributed by atoms with E-state index in [0.29, 0.717) is 22.2 Å². The molecule has 2 N–H and O–H groups in total. The number of nitrogen functional groups attached to an aromatic ring is 1. The number of halogens is 1. The molecule has 1 unspecified atom stereocenters. The van der Waals surface area contributed by atoms with Gasteiger partial charge in [0.05, 0.1) is 16.3 Å². The third-order valence-corrected chi connectivity index (χ3v) is 4.38. The molecule has 2 rings (SSSR count). The highest BCUT2D eigenvalue weighted by Crippen LogP contribution is 2.35. The molecular formula is C15H21ClN2O. The molecule has 1 aliphatic rings. The van der Waals surface area contributed by atoms with Crippen molar-refractivity contribution in [3.05, 3.63) is 28.8 Å². The molecule has 0 bridgehead atoms. The van der Waals surface area contributed by atoms with E-state index in [1.807, 2.05) is 4.90 Å². The van der Waals surface area contributed by atoms with Crippen LogP contribution in [0, 0.1) is 11.3 Å². The van der Waals surface area contributed by atoms with Crippen LogP contribution >= 0.6 is 11.6 Å². The van der Waals surface area contributed by atoms with Gasteiger partial charge in [0.15, 0.2) is 0 Å². The predicted molar refractivity (Wildman–Crippen MR) is 79.3 cm³/mol. The highest BCUT2D eigenvalue weighted by Gasteiger charge is 2.34. The van der Waals surface area contributed by atoms with E-state index in [9.17, 15) is 4.79 Å². The fourth-order valence-electron chi connectivity index (χ4n) is 2.54. The van der Waals surface area contributed by atoms with Crippen molar-refractivity contribution in [2.24, 2.45) is 11.3 Å². The first-order chi connectivity index (χ1) is 8.80. The number of carbonyl (C=O) groups excluding carboxylic acids is 1. The van der Waals surface area contributed by atoms with Gasteiger partial charge in [-0.3, -0.25) is 4.79 Å². The molecule has 104 valence electrons. The number of carbonyl (C=O) groups is 1. The van der Waals surface area contributed by atoms with Gasteiger partial charge in [-0.2, -0.15) is 0 Å². The summed E-state index contributed by atoms with van der Waals surface area (Å²) in [6.07, 6.45) is 1.05. The minimum absolute atomic E-state index is 0.0101. The van der Waals surface area contributed by atoms with E-state index in [4.69, 9.17) is 17.3 Å². The Morgan fingerprint density at radius 1 is 1.42 bits per heavy atom. The summed E-state index contributed by atoms with van der Waals surface area (Å²) >= 11 is 6.12. The lowest BCUT2D eigenvalue weighted by Crippen LogP contribution is -2.31. The average Bonchev–Trinajstić information content (AvgIpc) is 2.81. The molecule has 0 spiro atoms. The molecule has 0 aliphatic carbocycles. The van der Waals surface area contributed by atoms with Crippen LogP contribution in [0.5, 0.6) is 0 Å². The fraction of sp³-hybridized carbons (Fsp3) is 0.533. The lowest BCUT2D eigenvalue weighted by Gasteiger charge is -2.27. The molecule has 19 heavy (non-hydrogen) atoms. The van der Waals surface area contributed by atoms with Gasteiger partial charge in [-0.05, 0) is 29.9 Å². The second-order valence-corrected chi connectivity index (χ2v) is 6.69. The summed E-state index contributed by atoms with van der Waals surface area (Å²) in [5.74, 6) is 0.528. The predicted octanol–water partition coefficient (Wildman–Crippen LogP) is 3.43. The normalized spacial score (nSPS) is 19.8. The van der Waals surface area contributed by atoms with Gasteiger partial charge < -0.3 is 10.6 Å². The molecule has 1 amide bonds. The van der Waals surface area contributed by atoms with Crippen LogP contribution in [0.4, 0.5) is 5.69 Å². The van der Waals surface area contributed by atoms with Crippen molar-refractivity contribution in [2.45, 2.75) is 27.2 Å². The molecule has 1 atom stereocenters. The quantitative estimate of drug-likeness (QED) is 0.801. The van der Waals surface area contributed by atoms with Crippen LogP contribution in [-0.2, 0) is 0 Å². The van der Waals surface area contributed by atoms with Crippen LogP contribution in [0.15, 0.2) is 18.2 Å². The largest absolute Gasteiger partial charge is 0.398 e.